The molecular weight excluding hydrogens is 308 g/mol. The van der Waals surface area contributed by atoms with Crippen molar-refractivity contribution in [2.24, 2.45) is 0 Å². The molecule has 1 saturated heterocycles. The number of anilines is 2. The van der Waals surface area contributed by atoms with Gasteiger partial charge in [0, 0.05) is 48.3 Å². The lowest BCUT2D eigenvalue weighted by atomic mass is 10.1. The number of nitrogens with zero attached hydrogens (tertiary/aromatic N) is 5. The summed E-state index contributed by atoms with van der Waals surface area (Å²) in [5.74, 6) is 3.58. The Morgan fingerprint density at radius 3 is 2.57 bits per heavy atom. The Morgan fingerprint density at radius 1 is 1.09 bits per heavy atom. The van der Waals surface area contributed by atoms with Crippen LogP contribution in [0, 0.1) is 13.8 Å². The van der Waals surface area contributed by atoms with Crippen molar-refractivity contribution >= 4 is 22.5 Å². The standard InChI is InChI=1S/C16H22N6S/c1-10-9-14(18-11(2)17-10)22-7-5-13(6-8-22)19-16-20-15(21-23-16)12-3-4-12/h9,12-13H,3-8H2,1-2H3,(H,19,20,21). The minimum atomic E-state index is 0.482. The van der Waals surface area contributed by atoms with Crippen LogP contribution < -0.4 is 10.2 Å². The Bertz CT molecular complexity index is 667. The van der Waals surface area contributed by atoms with E-state index in [2.05, 4.69) is 35.6 Å². The lowest BCUT2D eigenvalue weighted by Crippen LogP contribution is -2.39. The molecular formula is C16H22N6S. The van der Waals surface area contributed by atoms with Gasteiger partial charge in [-0.05, 0) is 39.5 Å². The van der Waals surface area contributed by atoms with Crippen LogP contribution >= 0.6 is 11.5 Å². The summed E-state index contributed by atoms with van der Waals surface area (Å²) in [6.45, 7) is 6.01. The first-order valence-electron chi connectivity index (χ1n) is 8.35. The molecule has 0 atom stereocenters. The average molecular weight is 330 g/mol. The van der Waals surface area contributed by atoms with Crippen molar-refractivity contribution in [1.29, 1.82) is 0 Å². The maximum atomic E-state index is 4.63. The van der Waals surface area contributed by atoms with Crippen molar-refractivity contribution < 1.29 is 0 Å². The molecule has 0 amide bonds. The average Bonchev–Trinajstić information content (AvgIpc) is 3.27. The maximum Gasteiger partial charge on any atom is 0.202 e. The van der Waals surface area contributed by atoms with Crippen molar-refractivity contribution in [3.8, 4) is 0 Å². The van der Waals surface area contributed by atoms with Gasteiger partial charge in [0.1, 0.15) is 17.5 Å². The molecule has 0 aromatic carbocycles. The van der Waals surface area contributed by atoms with Crippen LogP contribution in [-0.2, 0) is 0 Å². The van der Waals surface area contributed by atoms with Gasteiger partial charge in [0.05, 0.1) is 0 Å². The van der Waals surface area contributed by atoms with Crippen LogP contribution in [0.3, 0.4) is 0 Å². The fourth-order valence-corrected chi connectivity index (χ4v) is 3.81. The summed E-state index contributed by atoms with van der Waals surface area (Å²) >= 11 is 1.51. The normalized spacial score (nSPS) is 19.1. The van der Waals surface area contributed by atoms with E-state index in [4.69, 9.17) is 0 Å². The molecule has 0 unspecified atom stereocenters. The van der Waals surface area contributed by atoms with Gasteiger partial charge in [-0.2, -0.15) is 4.37 Å². The van der Waals surface area contributed by atoms with Gasteiger partial charge in [-0.15, -0.1) is 0 Å². The predicted molar refractivity (Wildman–Crippen MR) is 92.2 cm³/mol. The Balaban J connectivity index is 1.34. The molecule has 122 valence electrons. The zero-order valence-corrected chi connectivity index (χ0v) is 14.4. The summed E-state index contributed by atoms with van der Waals surface area (Å²) in [6, 6.07) is 2.56. The van der Waals surface area contributed by atoms with Gasteiger partial charge in [-0.3, -0.25) is 0 Å². The van der Waals surface area contributed by atoms with E-state index in [1.807, 2.05) is 13.8 Å². The molecule has 2 aromatic heterocycles. The molecule has 1 saturated carbocycles. The maximum absolute atomic E-state index is 4.63. The van der Waals surface area contributed by atoms with Crippen LogP contribution in [-0.4, -0.2) is 38.5 Å². The molecule has 3 heterocycles. The molecule has 23 heavy (non-hydrogen) atoms. The Labute approximate surface area is 140 Å². The number of aryl methyl sites for hydroxylation is 2. The highest BCUT2D eigenvalue weighted by molar-refractivity contribution is 7.09. The second-order valence-electron chi connectivity index (χ2n) is 6.55. The molecule has 0 bridgehead atoms. The summed E-state index contributed by atoms with van der Waals surface area (Å²) < 4.78 is 4.47. The van der Waals surface area contributed by atoms with E-state index >= 15 is 0 Å². The molecule has 2 aliphatic rings. The summed E-state index contributed by atoms with van der Waals surface area (Å²) in [4.78, 5) is 15.9. The van der Waals surface area contributed by atoms with E-state index in [0.29, 0.717) is 12.0 Å². The molecule has 1 aliphatic heterocycles. The lowest BCUT2D eigenvalue weighted by molar-refractivity contribution is 0.522. The molecule has 2 fully saturated rings. The van der Waals surface area contributed by atoms with E-state index in [1.165, 1.54) is 24.4 Å². The summed E-state index contributed by atoms with van der Waals surface area (Å²) in [5.41, 5.74) is 1.04. The van der Waals surface area contributed by atoms with Crippen molar-refractivity contribution in [1.82, 2.24) is 19.3 Å². The van der Waals surface area contributed by atoms with Gasteiger partial charge >= 0.3 is 0 Å². The Hall–Kier alpha value is -1.76. The van der Waals surface area contributed by atoms with Crippen LogP contribution in [0.4, 0.5) is 10.9 Å². The number of rotatable bonds is 4. The van der Waals surface area contributed by atoms with Crippen LogP contribution in [0.25, 0.3) is 0 Å². The molecule has 4 rings (SSSR count). The van der Waals surface area contributed by atoms with Gasteiger partial charge in [-0.1, -0.05) is 0 Å². The van der Waals surface area contributed by atoms with Crippen molar-refractivity contribution in [3.05, 3.63) is 23.4 Å². The van der Waals surface area contributed by atoms with Gasteiger partial charge in [0.15, 0.2) is 0 Å². The highest BCUT2D eigenvalue weighted by Gasteiger charge is 2.28. The third-order valence-electron chi connectivity index (χ3n) is 4.48. The number of aromatic nitrogens is 4. The first-order valence-corrected chi connectivity index (χ1v) is 9.12. The second kappa shape index (κ2) is 6.03. The molecule has 6 nitrogen and oxygen atoms in total. The number of piperidine rings is 1. The highest BCUT2D eigenvalue weighted by Crippen LogP contribution is 2.39. The third kappa shape index (κ3) is 3.44. The largest absolute Gasteiger partial charge is 0.357 e. The molecule has 0 radical (unpaired) electrons. The van der Waals surface area contributed by atoms with Crippen LogP contribution in [0.15, 0.2) is 6.07 Å². The van der Waals surface area contributed by atoms with E-state index < -0.39 is 0 Å². The van der Waals surface area contributed by atoms with Crippen LogP contribution in [0.1, 0.15) is 48.9 Å². The van der Waals surface area contributed by atoms with Gasteiger partial charge in [0.2, 0.25) is 5.13 Å². The number of nitrogens with one attached hydrogen (secondary N) is 1. The minimum Gasteiger partial charge on any atom is -0.357 e. The molecule has 2 aromatic rings. The molecule has 0 spiro atoms. The molecule has 1 aliphatic carbocycles. The van der Waals surface area contributed by atoms with E-state index in [1.54, 1.807) is 0 Å². The van der Waals surface area contributed by atoms with E-state index in [9.17, 15) is 0 Å². The van der Waals surface area contributed by atoms with Gasteiger partial charge < -0.3 is 10.2 Å². The highest BCUT2D eigenvalue weighted by atomic mass is 32.1. The summed E-state index contributed by atoms with van der Waals surface area (Å²) in [5, 5.41) is 4.55. The third-order valence-corrected chi connectivity index (χ3v) is 5.14. The Morgan fingerprint density at radius 2 is 1.87 bits per heavy atom. The first-order chi connectivity index (χ1) is 11.2. The monoisotopic (exact) mass is 330 g/mol. The van der Waals surface area contributed by atoms with Gasteiger partial charge in [-0.25, -0.2) is 15.0 Å². The molecule has 7 heteroatoms. The van der Waals surface area contributed by atoms with Crippen LogP contribution in [0.2, 0.25) is 0 Å². The van der Waals surface area contributed by atoms with E-state index in [0.717, 1.165) is 54.2 Å². The predicted octanol–water partition coefficient (Wildman–Crippen LogP) is 2.90. The minimum absolute atomic E-state index is 0.482. The smallest absolute Gasteiger partial charge is 0.202 e. The summed E-state index contributed by atoms with van der Waals surface area (Å²) in [7, 11) is 0. The van der Waals surface area contributed by atoms with Crippen LogP contribution in [0.5, 0.6) is 0 Å². The fraction of sp³-hybridized carbons (Fsp3) is 0.625. The van der Waals surface area contributed by atoms with E-state index in [-0.39, 0.29) is 0 Å². The summed E-state index contributed by atoms with van der Waals surface area (Å²) in [6.07, 6.45) is 4.71. The fourth-order valence-electron chi connectivity index (χ4n) is 3.09. The molecule has 1 N–H and O–H groups in total. The number of hydrogen-bond acceptors (Lipinski definition) is 7. The second-order valence-corrected chi connectivity index (χ2v) is 7.30. The quantitative estimate of drug-likeness (QED) is 0.930. The number of hydrogen-bond donors (Lipinski definition) is 1. The first kappa shape index (κ1) is 14.8. The van der Waals surface area contributed by atoms with Gasteiger partial charge in [0.25, 0.3) is 0 Å². The topological polar surface area (TPSA) is 66.8 Å². The zero-order valence-electron chi connectivity index (χ0n) is 13.6. The SMILES string of the molecule is Cc1cc(N2CCC(Nc3nc(C4CC4)ns3)CC2)nc(C)n1. The Kier molecular flexibility index (Phi) is 3.88. The van der Waals surface area contributed by atoms with Crippen molar-refractivity contribution in [3.63, 3.8) is 0 Å². The van der Waals surface area contributed by atoms with Crippen molar-refractivity contribution in [2.75, 3.05) is 23.3 Å². The zero-order chi connectivity index (χ0) is 15.8. The lowest BCUT2D eigenvalue weighted by Gasteiger charge is -2.33. The van der Waals surface area contributed by atoms with Crippen molar-refractivity contribution in [2.45, 2.75) is 51.5 Å².